The van der Waals surface area contributed by atoms with E-state index in [2.05, 4.69) is 55.8 Å². The summed E-state index contributed by atoms with van der Waals surface area (Å²) in [4.78, 5) is 21.4. The van der Waals surface area contributed by atoms with Crippen molar-refractivity contribution in [2.45, 2.75) is 45.6 Å². The van der Waals surface area contributed by atoms with E-state index < -0.39 is 0 Å². The largest absolute Gasteiger partial charge is 0.366 e. The number of benzene rings is 1. The summed E-state index contributed by atoms with van der Waals surface area (Å²) < 4.78 is 0. The lowest BCUT2D eigenvalue weighted by atomic mass is 9.79. The summed E-state index contributed by atoms with van der Waals surface area (Å²) >= 11 is 1.44. The summed E-state index contributed by atoms with van der Waals surface area (Å²) in [7, 11) is 3.49. The van der Waals surface area contributed by atoms with Gasteiger partial charge in [0.25, 0.3) is 5.91 Å². The van der Waals surface area contributed by atoms with Crippen LogP contribution in [0.4, 0.5) is 5.69 Å². The predicted molar refractivity (Wildman–Crippen MR) is 108 cm³/mol. The van der Waals surface area contributed by atoms with Crippen LogP contribution in [0, 0.1) is 0 Å². The van der Waals surface area contributed by atoms with Crippen LogP contribution >= 0.6 is 11.8 Å². The van der Waals surface area contributed by atoms with Crippen LogP contribution in [0.1, 0.15) is 51.2 Å². The number of hydrogen-bond donors (Lipinski definition) is 0. The van der Waals surface area contributed by atoms with Crippen LogP contribution in [-0.2, 0) is 4.79 Å². The first kappa shape index (κ1) is 18.1. The molecule has 0 saturated carbocycles. The molecule has 1 atom stereocenters. The highest BCUT2D eigenvalue weighted by molar-refractivity contribution is 8.18. The second-order valence-corrected chi connectivity index (χ2v) is 8.47. The average Bonchev–Trinajstić information content (AvgIpc) is 2.83. The molecule has 2 aliphatic heterocycles. The molecule has 0 unspecified atom stereocenters. The highest BCUT2D eigenvalue weighted by Crippen LogP contribution is 2.43. The molecule has 4 nitrogen and oxygen atoms in total. The Morgan fingerprint density at radius 1 is 1.40 bits per heavy atom. The van der Waals surface area contributed by atoms with Gasteiger partial charge in [-0.05, 0) is 74.2 Å². The van der Waals surface area contributed by atoms with Crippen LogP contribution in [-0.4, -0.2) is 42.2 Å². The molecule has 1 aromatic carbocycles. The Morgan fingerprint density at radius 2 is 2.12 bits per heavy atom. The first-order valence-electron chi connectivity index (χ1n) is 8.84. The number of carbonyl (C=O) groups is 1. The van der Waals surface area contributed by atoms with E-state index in [1.54, 1.807) is 19.0 Å². The van der Waals surface area contributed by atoms with Gasteiger partial charge < -0.3 is 4.90 Å². The number of aliphatic imine (C=N–C) groups is 1. The van der Waals surface area contributed by atoms with Gasteiger partial charge in [-0.1, -0.05) is 13.0 Å². The second-order valence-electron chi connectivity index (χ2n) is 7.46. The zero-order chi connectivity index (χ0) is 18.4. The SMILES string of the molecule is CCN1c2ccc(/C=C3\SC(=NC)N(C)C3=O)cc2[C@H](C)CC1(C)C. The molecule has 0 bridgehead atoms. The maximum absolute atomic E-state index is 12.4. The van der Waals surface area contributed by atoms with Gasteiger partial charge in [-0.15, -0.1) is 0 Å². The molecule has 2 heterocycles. The number of amides is 1. The molecular weight excluding hydrogens is 330 g/mol. The minimum Gasteiger partial charge on any atom is -0.366 e. The molecule has 134 valence electrons. The van der Waals surface area contributed by atoms with Crippen molar-refractivity contribution in [2.75, 3.05) is 25.5 Å². The van der Waals surface area contributed by atoms with E-state index in [1.165, 1.54) is 23.0 Å². The number of nitrogens with zero attached hydrogens (tertiary/aromatic N) is 3. The second kappa shape index (κ2) is 6.52. The Balaban J connectivity index is 1.99. The number of anilines is 1. The first-order valence-corrected chi connectivity index (χ1v) is 9.66. The topological polar surface area (TPSA) is 35.9 Å². The smallest absolute Gasteiger partial charge is 0.266 e. The van der Waals surface area contributed by atoms with E-state index >= 15 is 0 Å². The third kappa shape index (κ3) is 3.10. The molecule has 0 N–H and O–H groups in total. The third-order valence-electron chi connectivity index (χ3n) is 5.22. The van der Waals surface area contributed by atoms with Crippen molar-refractivity contribution in [1.29, 1.82) is 0 Å². The zero-order valence-corrected chi connectivity index (χ0v) is 16.8. The summed E-state index contributed by atoms with van der Waals surface area (Å²) in [5.74, 6) is 0.529. The molecule has 2 aliphatic rings. The maximum atomic E-state index is 12.4. The van der Waals surface area contributed by atoms with Gasteiger partial charge in [0.1, 0.15) is 0 Å². The molecule has 5 heteroatoms. The quantitative estimate of drug-likeness (QED) is 0.739. The lowest BCUT2D eigenvalue weighted by Crippen LogP contribution is -2.48. The van der Waals surface area contributed by atoms with E-state index in [4.69, 9.17) is 0 Å². The molecule has 0 aromatic heterocycles. The maximum Gasteiger partial charge on any atom is 0.266 e. The molecule has 0 spiro atoms. The summed E-state index contributed by atoms with van der Waals surface area (Å²) in [6.45, 7) is 10.2. The van der Waals surface area contributed by atoms with E-state index in [-0.39, 0.29) is 11.4 Å². The van der Waals surface area contributed by atoms with Crippen LogP contribution in [0.3, 0.4) is 0 Å². The van der Waals surface area contributed by atoms with Crippen LogP contribution in [0.2, 0.25) is 0 Å². The Hall–Kier alpha value is -1.75. The summed E-state index contributed by atoms with van der Waals surface area (Å²) in [5.41, 5.74) is 3.96. The molecule has 1 amide bonds. The van der Waals surface area contributed by atoms with Crippen molar-refractivity contribution >= 4 is 34.6 Å². The number of hydrogen-bond acceptors (Lipinski definition) is 4. The highest BCUT2D eigenvalue weighted by atomic mass is 32.2. The minimum absolute atomic E-state index is 0.0210. The monoisotopic (exact) mass is 357 g/mol. The summed E-state index contributed by atoms with van der Waals surface area (Å²) in [6, 6.07) is 6.59. The van der Waals surface area contributed by atoms with Crippen molar-refractivity contribution in [1.82, 2.24) is 4.90 Å². The molecule has 25 heavy (non-hydrogen) atoms. The Kier molecular flexibility index (Phi) is 4.71. The molecule has 0 aliphatic carbocycles. The van der Waals surface area contributed by atoms with E-state index in [1.807, 2.05) is 6.08 Å². The van der Waals surface area contributed by atoms with Crippen LogP contribution in [0.5, 0.6) is 0 Å². The Labute approximate surface area is 155 Å². The fourth-order valence-electron chi connectivity index (χ4n) is 4.10. The molecular formula is C20H27N3OS. The van der Waals surface area contributed by atoms with Gasteiger partial charge in [-0.3, -0.25) is 14.7 Å². The predicted octanol–water partition coefficient (Wildman–Crippen LogP) is 4.33. The number of likely N-dealkylation sites (N-methyl/N-ethyl adjacent to an activating group) is 1. The Morgan fingerprint density at radius 3 is 2.72 bits per heavy atom. The van der Waals surface area contributed by atoms with Gasteiger partial charge >= 0.3 is 0 Å². The van der Waals surface area contributed by atoms with E-state index in [0.717, 1.165) is 28.6 Å². The molecule has 1 saturated heterocycles. The average molecular weight is 358 g/mol. The lowest BCUT2D eigenvalue weighted by Gasteiger charge is -2.47. The van der Waals surface area contributed by atoms with Crippen molar-refractivity contribution in [3.63, 3.8) is 0 Å². The van der Waals surface area contributed by atoms with Gasteiger partial charge in [0.05, 0.1) is 4.91 Å². The molecule has 1 fully saturated rings. The van der Waals surface area contributed by atoms with Gasteiger partial charge in [0, 0.05) is 31.9 Å². The first-order chi connectivity index (χ1) is 11.8. The number of rotatable bonds is 2. The van der Waals surface area contributed by atoms with Gasteiger partial charge in [-0.25, -0.2) is 0 Å². The van der Waals surface area contributed by atoms with E-state index in [0.29, 0.717) is 5.92 Å². The molecule has 1 aromatic rings. The lowest BCUT2D eigenvalue weighted by molar-refractivity contribution is -0.121. The minimum atomic E-state index is 0.0210. The third-order valence-corrected chi connectivity index (χ3v) is 6.37. The number of carbonyl (C=O) groups excluding carboxylic acids is 1. The van der Waals surface area contributed by atoms with Crippen LogP contribution in [0.15, 0.2) is 28.1 Å². The standard InChI is InChI=1S/C20H27N3OS/c1-7-23-16-9-8-14(10-15(16)13(2)12-20(23,3)4)11-17-18(24)22(6)19(21-5)25-17/h8-11,13H,7,12H2,1-6H3/b17-11-,21-19?/t13-/m1/s1. The summed E-state index contributed by atoms with van der Waals surface area (Å²) in [6.07, 6.45) is 3.13. The summed E-state index contributed by atoms with van der Waals surface area (Å²) in [5, 5.41) is 0.751. The van der Waals surface area contributed by atoms with Gasteiger partial charge in [-0.2, -0.15) is 0 Å². The van der Waals surface area contributed by atoms with Crippen molar-refractivity contribution in [3.8, 4) is 0 Å². The number of thioether (sulfide) groups is 1. The Bertz CT molecular complexity index is 766. The van der Waals surface area contributed by atoms with Crippen molar-refractivity contribution in [2.24, 2.45) is 4.99 Å². The van der Waals surface area contributed by atoms with Gasteiger partial charge in [0.2, 0.25) is 0 Å². The number of amidine groups is 1. The highest BCUT2D eigenvalue weighted by Gasteiger charge is 2.35. The molecule has 0 radical (unpaired) electrons. The normalized spacial score (nSPS) is 25.8. The molecule has 3 rings (SSSR count). The van der Waals surface area contributed by atoms with Crippen LogP contribution < -0.4 is 4.90 Å². The fraction of sp³-hybridized carbons (Fsp3) is 0.500. The van der Waals surface area contributed by atoms with Crippen molar-refractivity contribution < 1.29 is 4.79 Å². The van der Waals surface area contributed by atoms with Crippen molar-refractivity contribution in [3.05, 3.63) is 34.2 Å². The van der Waals surface area contributed by atoms with Crippen LogP contribution in [0.25, 0.3) is 6.08 Å². The number of fused-ring (bicyclic) bond motifs is 1. The van der Waals surface area contributed by atoms with Gasteiger partial charge in [0.15, 0.2) is 5.17 Å². The zero-order valence-electron chi connectivity index (χ0n) is 16.0. The fourth-order valence-corrected chi connectivity index (χ4v) is 5.03. The van der Waals surface area contributed by atoms with E-state index in [9.17, 15) is 4.79 Å².